The van der Waals surface area contributed by atoms with Crippen molar-refractivity contribution < 1.29 is 9.47 Å². The third kappa shape index (κ3) is 7.95. The van der Waals surface area contributed by atoms with E-state index in [4.69, 9.17) is 14.5 Å². The molecular weight excluding hydrogens is 314 g/mol. The minimum absolute atomic E-state index is 0.391. The highest BCUT2D eigenvalue weighted by molar-refractivity contribution is 5.79. The van der Waals surface area contributed by atoms with E-state index in [0.29, 0.717) is 6.10 Å². The Morgan fingerprint density at radius 1 is 1.16 bits per heavy atom. The number of aliphatic imine (C=N–C) groups is 1. The molecule has 5 nitrogen and oxygen atoms in total. The quantitative estimate of drug-likeness (QED) is 0.413. The number of hydrogen-bond donors (Lipinski definition) is 1. The van der Waals surface area contributed by atoms with E-state index in [2.05, 4.69) is 31.1 Å². The molecule has 0 aromatic rings. The normalized spacial score (nSPS) is 25.8. The topological polar surface area (TPSA) is 46.1 Å². The van der Waals surface area contributed by atoms with Crippen molar-refractivity contribution in [1.29, 1.82) is 0 Å². The molecule has 2 fully saturated rings. The predicted octanol–water partition coefficient (Wildman–Crippen LogP) is 3.30. The molecule has 2 rings (SSSR count). The fraction of sp³-hybridized carbons (Fsp3) is 0.950. The SMILES string of the molecule is CCNC(=NCCCOC1CCOCC1)N(C)CC1CCC(C)CC1. The molecule has 0 amide bonds. The number of nitrogens with one attached hydrogen (secondary N) is 1. The Hall–Kier alpha value is -0.810. The second-order valence-electron chi connectivity index (χ2n) is 7.78. The number of hydrogen-bond acceptors (Lipinski definition) is 3. The Balaban J connectivity index is 1.67. The number of ether oxygens (including phenoxy) is 2. The van der Waals surface area contributed by atoms with E-state index >= 15 is 0 Å². The zero-order chi connectivity index (χ0) is 17.9. The molecule has 2 aliphatic rings. The molecule has 146 valence electrons. The molecule has 1 aliphatic heterocycles. The monoisotopic (exact) mass is 353 g/mol. The fourth-order valence-electron chi connectivity index (χ4n) is 3.80. The van der Waals surface area contributed by atoms with Gasteiger partial charge in [0.05, 0.1) is 6.10 Å². The van der Waals surface area contributed by atoms with Crippen molar-refractivity contribution in [3.8, 4) is 0 Å². The molecule has 1 heterocycles. The first-order valence-corrected chi connectivity index (χ1v) is 10.4. The smallest absolute Gasteiger partial charge is 0.193 e. The lowest BCUT2D eigenvalue weighted by atomic mass is 9.83. The summed E-state index contributed by atoms with van der Waals surface area (Å²) in [6.07, 6.45) is 8.95. The van der Waals surface area contributed by atoms with Crippen molar-refractivity contribution in [3.05, 3.63) is 0 Å². The van der Waals surface area contributed by atoms with Crippen molar-refractivity contribution in [2.24, 2.45) is 16.8 Å². The lowest BCUT2D eigenvalue weighted by Crippen LogP contribution is -2.42. The summed E-state index contributed by atoms with van der Waals surface area (Å²) in [6, 6.07) is 0. The second-order valence-corrected chi connectivity index (χ2v) is 7.78. The summed E-state index contributed by atoms with van der Waals surface area (Å²) in [5.74, 6) is 2.79. The summed E-state index contributed by atoms with van der Waals surface area (Å²) in [7, 11) is 2.18. The van der Waals surface area contributed by atoms with E-state index in [-0.39, 0.29) is 0 Å². The molecule has 5 heteroatoms. The second kappa shape index (κ2) is 11.7. The van der Waals surface area contributed by atoms with E-state index in [1.807, 2.05) is 0 Å². The average Bonchev–Trinajstić information content (AvgIpc) is 2.63. The van der Waals surface area contributed by atoms with Crippen LogP contribution in [0, 0.1) is 11.8 Å². The van der Waals surface area contributed by atoms with Crippen LogP contribution in [0.4, 0.5) is 0 Å². The van der Waals surface area contributed by atoms with Gasteiger partial charge in [-0.05, 0) is 50.9 Å². The van der Waals surface area contributed by atoms with E-state index in [1.165, 1.54) is 25.7 Å². The van der Waals surface area contributed by atoms with Gasteiger partial charge in [0.15, 0.2) is 5.96 Å². The van der Waals surface area contributed by atoms with Gasteiger partial charge in [-0.15, -0.1) is 0 Å². The highest BCUT2D eigenvalue weighted by Gasteiger charge is 2.20. The molecule has 1 saturated carbocycles. The first kappa shape index (κ1) is 20.5. The summed E-state index contributed by atoms with van der Waals surface area (Å²) < 4.78 is 11.3. The van der Waals surface area contributed by atoms with Crippen LogP contribution in [0.1, 0.15) is 58.8 Å². The van der Waals surface area contributed by atoms with Crippen LogP contribution < -0.4 is 5.32 Å². The number of rotatable bonds is 8. The third-order valence-electron chi connectivity index (χ3n) is 5.45. The van der Waals surface area contributed by atoms with Crippen molar-refractivity contribution in [3.63, 3.8) is 0 Å². The van der Waals surface area contributed by atoms with Crippen LogP contribution >= 0.6 is 0 Å². The van der Waals surface area contributed by atoms with Crippen LogP contribution in [0.3, 0.4) is 0 Å². The van der Waals surface area contributed by atoms with Gasteiger partial charge in [0.2, 0.25) is 0 Å². The minimum Gasteiger partial charge on any atom is -0.381 e. The summed E-state index contributed by atoms with van der Waals surface area (Å²) in [4.78, 5) is 7.13. The first-order chi connectivity index (χ1) is 12.2. The highest BCUT2D eigenvalue weighted by Crippen LogP contribution is 2.28. The maximum absolute atomic E-state index is 5.93. The summed E-state index contributed by atoms with van der Waals surface area (Å²) in [6.45, 7) is 9.89. The molecule has 0 bridgehead atoms. The molecular formula is C20H39N3O2. The lowest BCUT2D eigenvalue weighted by Gasteiger charge is -2.31. The zero-order valence-electron chi connectivity index (χ0n) is 16.6. The average molecular weight is 354 g/mol. The zero-order valence-corrected chi connectivity index (χ0v) is 16.6. The molecule has 0 atom stereocenters. The number of nitrogens with zero attached hydrogens (tertiary/aromatic N) is 2. The Morgan fingerprint density at radius 2 is 1.88 bits per heavy atom. The van der Waals surface area contributed by atoms with Gasteiger partial charge in [-0.1, -0.05) is 19.8 Å². The molecule has 0 aromatic heterocycles. The Morgan fingerprint density at radius 3 is 2.56 bits per heavy atom. The van der Waals surface area contributed by atoms with Gasteiger partial charge in [0.1, 0.15) is 0 Å². The maximum Gasteiger partial charge on any atom is 0.193 e. The van der Waals surface area contributed by atoms with E-state index in [9.17, 15) is 0 Å². The lowest BCUT2D eigenvalue weighted by molar-refractivity contribution is -0.0318. The molecule has 0 radical (unpaired) electrons. The van der Waals surface area contributed by atoms with Gasteiger partial charge in [-0.2, -0.15) is 0 Å². The van der Waals surface area contributed by atoms with Gasteiger partial charge in [-0.3, -0.25) is 4.99 Å². The van der Waals surface area contributed by atoms with Crippen molar-refractivity contribution >= 4 is 5.96 Å². The van der Waals surface area contributed by atoms with Crippen LogP contribution in [0.5, 0.6) is 0 Å². The van der Waals surface area contributed by atoms with Crippen molar-refractivity contribution in [2.75, 3.05) is 46.5 Å². The van der Waals surface area contributed by atoms with E-state index in [1.54, 1.807) is 0 Å². The molecule has 1 aliphatic carbocycles. The molecule has 25 heavy (non-hydrogen) atoms. The Kier molecular flexibility index (Phi) is 9.63. The maximum atomic E-state index is 5.93. The van der Waals surface area contributed by atoms with Gasteiger partial charge < -0.3 is 19.7 Å². The molecule has 0 unspecified atom stereocenters. The largest absolute Gasteiger partial charge is 0.381 e. The van der Waals surface area contributed by atoms with Crippen LogP contribution in [-0.2, 0) is 9.47 Å². The molecule has 1 saturated heterocycles. The molecule has 0 spiro atoms. The highest BCUT2D eigenvalue weighted by atomic mass is 16.5. The van der Waals surface area contributed by atoms with Crippen LogP contribution in [-0.4, -0.2) is 63.5 Å². The fourth-order valence-corrected chi connectivity index (χ4v) is 3.80. The molecule has 0 aromatic carbocycles. The van der Waals surface area contributed by atoms with Crippen LogP contribution in [0.2, 0.25) is 0 Å². The summed E-state index contributed by atoms with van der Waals surface area (Å²) >= 11 is 0. The summed E-state index contributed by atoms with van der Waals surface area (Å²) in [5, 5.41) is 3.44. The number of guanidine groups is 1. The van der Waals surface area contributed by atoms with Gasteiger partial charge in [0.25, 0.3) is 0 Å². The van der Waals surface area contributed by atoms with Gasteiger partial charge >= 0.3 is 0 Å². The van der Waals surface area contributed by atoms with Crippen LogP contribution in [0.25, 0.3) is 0 Å². The molecule has 1 N–H and O–H groups in total. The third-order valence-corrected chi connectivity index (χ3v) is 5.45. The minimum atomic E-state index is 0.391. The summed E-state index contributed by atoms with van der Waals surface area (Å²) in [5.41, 5.74) is 0. The van der Waals surface area contributed by atoms with Gasteiger partial charge in [-0.25, -0.2) is 0 Å². The van der Waals surface area contributed by atoms with E-state index < -0.39 is 0 Å². The standard InChI is InChI=1S/C20H39N3O2/c1-4-21-20(23(3)16-18-8-6-17(2)7-9-18)22-12-5-13-25-19-10-14-24-15-11-19/h17-19H,4-16H2,1-3H3,(H,21,22). The Labute approximate surface area is 154 Å². The predicted molar refractivity (Wildman–Crippen MR) is 104 cm³/mol. The van der Waals surface area contributed by atoms with Crippen LogP contribution in [0.15, 0.2) is 4.99 Å². The van der Waals surface area contributed by atoms with Crippen molar-refractivity contribution in [1.82, 2.24) is 10.2 Å². The Bertz CT molecular complexity index is 375. The van der Waals surface area contributed by atoms with E-state index in [0.717, 1.165) is 76.5 Å². The first-order valence-electron chi connectivity index (χ1n) is 10.4. The van der Waals surface area contributed by atoms with Crippen molar-refractivity contribution in [2.45, 2.75) is 64.9 Å². The van der Waals surface area contributed by atoms with Gasteiger partial charge in [0, 0.05) is 46.5 Å².